The van der Waals surface area contributed by atoms with Gasteiger partial charge in [-0.1, -0.05) is 6.92 Å². The monoisotopic (exact) mass is 279 g/mol. The minimum absolute atomic E-state index is 0.0498. The summed E-state index contributed by atoms with van der Waals surface area (Å²) in [5.74, 6) is 0.840. The van der Waals surface area contributed by atoms with Gasteiger partial charge in [0.15, 0.2) is 0 Å². The van der Waals surface area contributed by atoms with E-state index in [2.05, 4.69) is 22.5 Å². The number of nitrogens with one attached hydrogen (secondary N) is 2. The minimum Gasteiger partial charge on any atom is -0.467 e. The van der Waals surface area contributed by atoms with E-state index in [0.29, 0.717) is 12.6 Å². The van der Waals surface area contributed by atoms with E-state index >= 15 is 0 Å². The second-order valence-electron chi connectivity index (χ2n) is 5.43. The first-order valence-corrected chi connectivity index (χ1v) is 7.47. The lowest BCUT2D eigenvalue weighted by Gasteiger charge is -2.24. The lowest BCUT2D eigenvalue weighted by molar-refractivity contribution is -0.123. The fourth-order valence-corrected chi connectivity index (χ4v) is 2.63. The topological polar surface area (TPSA) is 57.5 Å². The van der Waals surface area contributed by atoms with Gasteiger partial charge in [-0.05, 0) is 45.0 Å². The number of hydrogen-bond donors (Lipinski definition) is 2. The van der Waals surface area contributed by atoms with Gasteiger partial charge in [-0.3, -0.25) is 9.69 Å². The molecule has 1 aromatic rings. The van der Waals surface area contributed by atoms with Crippen molar-refractivity contribution < 1.29 is 9.21 Å². The van der Waals surface area contributed by atoms with E-state index in [0.717, 1.165) is 25.4 Å². The SMILES string of the molecule is CCN(CC(=O)NC(C)c1ccco1)CC1CCCN1. The molecule has 1 saturated heterocycles. The van der Waals surface area contributed by atoms with Gasteiger partial charge in [-0.2, -0.15) is 0 Å². The first kappa shape index (κ1) is 15.1. The van der Waals surface area contributed by atoms with Crippen molar-refractivity contribution in [3.05, 3.63) is 24.2 Å². The van der Waals surface area contributed by atoms with Crippen LogP contribution in [0.15, 0.2) is 22.8 Å². The van der Waals surface area contributed by atoms with Crippen molar-refractivity contribution in [3.63, 3.8) is 0 Å². The maximum Gasteiger partial charge on any atom is 0.234 e. The third-order valence-corrected chi connectivity index (χ3v) is 3.80. The number of rotatable bonds is 7. The van der Waals surface area contributed by atoms with Gasteiger partial charge in [0.1, 0.15) is 5.76 Å². The lowest BCUT2D eigenvalue weighted by atomic mass is 10.2. The Morgan fingerprint density at radius 3 is 3.10 bits per heavy atom. The Bertz CT molecular complexity index is 399. The molecule has 2 rings (SSSR count). The van der Waals surface area contributed by atoms with Gasteiger partial charge in [0.25, 0.3) is 0 Å². The second kappa shape index (κ2) is 7.45. The van der Waals surface area contributed by atoms with Crippen LogP contribution in [0.1, 0.15) is 38.5 Å². The van der Waals surface area contributed by atoms with Crippen molar-refractivity contribution in [1.82, 2.24) is 15.5 Å². The summed E-state index contributed by atoms with van der Waals surface area (Å²) in [6.45, 7) is 7.41. The van der Waals surface area contributed by atoms with Gasteiger partial charge in [0, 0.05) is 12.6 Å². The first-order valence-electron chi connectivity index (χ1n) is 7.47. The van der Waals surface area contributed by atoms with Crippen LogP contribution in [0.25, 0.3) is 0 Å². The van der Waals surface area contributed by atoms with E-state index in [1.807, 2.05) is 19.1 Å². The Hall–Kier alpha value is -1.33. The molecule has 20 heavy (non-hydrogen) atoms. The van der Waals surface area contributed by atoms with Crippen LogP contribution in [0, 0.1) is 0 Å². The third-order valence-electron chi connectivity index (χ3n) is 3.80. The maximum absolute atomic E-state index is 12.1. The van der Waals surface area contributed by atoms with Crippen LogP contribution in [0.3, 0.4) is 0 Å². The molecule has 0 aliphatic carbocycles. The summed E-state index contributed by atoms with van der Waals surface area (Å²) in [6.07, 6.45) is 4.08. The Morgan fingerprint density at radius 1 is 1.65 bits per heavy atom. The predicted molar refractivity (Wildman–Crippen MR) is 78.4 cm³/mol. The van der Waals surface area contributed by atoms with Gasteiger partial charge in [-0.15, -0.1) is 0 Å². The molecule has 0 saturated carbocycles. The summed E-state index contributed by atoms with van der Waals surface area (Å²) in [4.78, 5) is 14.3. The molecular formula is C15H25N3O2. The Labute approximate surface area is 120 Å². The normalized spacial score (nSPS) is 20.2. The van der Waals surface area contributed by atoms with E-state index < -0.39 is 0 Å². The summed E-state index contributed by atoms with van der Waals surface area (Å²) in [6, 6.07) is 4.17. The summed E-state index contributed by atoms with van der Waals surface area (Å²) in [5.41, 5.74) is 0. The van der Waals surface area contributed by atoms with Crippen molar-refractivity contribution >= 4 is 5.91 Å². The van der Waals surface area contributed by atoms with Gasteiger partial charge >= 0.3 is 0 Å². The van der Waals surface area contributed by atoms with Gasteiger partial charge in [0.2, 0.25) is 5.91 Å². The van der Waals surface area contributed by atoms with Gasteiger partial charge < -0.3 is 15.1 Å². The highest BCUT2D eigenvalue weighted by Crippen LogP contribution is 2.12. The molecular weight excluding hydrogens is 254 g/mol. The largest absolute Gasteiger partial charge is 0.467 e. The number of carbonyl (C=O) groups is 1. The van der Waals surface area contributed by atoms with E-state index in [9.17, 15) is 4.79 Å². The molecule has 2 atom stereocenters. The standard InChI is InChI=1S/C15H25N3O2/c1-3-18(10-13-6-4-8-16-13)11-15(19)17-12(2)14-7-5-9-20-14/h5,7,9,12-13,16H,3-4,6,8,10-11H2,1-2H3,(H,17,19). The van der Waals surface area contributed by atoms with Crippen LogP contribution >= 0.6 is 0 Å². The smallest absolute Gasteiger partial charge is 0.234 e. The van der Waals surface area contributed by atoms with E-state index in [1.54, 1.807) is 6.26 Å². The Morgan fingerprint density at radius 2 is 2.50 bits per heavy atom. The number of amides is 1. The van der Waals surface area contributed by atoms with Crippen LogP contribution in [0.2, 0.25) is 0 Å². The lowest BCUT2D eigenvalue weighted by Crippen LogP contribution is -2.43. The number of likely N-dealkylation sites (N-methyl/N-ethyl adjacent to an activating group) is 1. The zero-order chi connectivity index (χ0) is 14.4. The molecule has 2 heterocycles. The molecule has 2 unspecified atom stereocenters. The van der Waals surface area contributed by atoms with Gasteiger partial charge in [0.05, 0.1) is 18.8 Å². The molecule has 1 aliphatic rings. The zero-order valence-corrected chi connectivity index (χ0v) is 12.4. The maximum atomic E-state index is 12.1. The van der Waals surface area contributed by atoms with Crippen LogP contribution in [0.4, 0.5) is 0 Å². The zero-order valence-electron chi connectivity index (χ0n) is 12.4. The highest BCUT2D eigenvalue weighted by atomic mass is 16.3. The van der Waals surface area contributed by atoms with Crippen LogP contribution in [0.5, 0.6) is 0 Å². The summed E-state index contributed by atoms with van der Waals surface area (Å²) < 4.78 is 5.30. The average molecular weight is 279 g/mol. The molecule has 2 N–H and O–H groups in total. The molecule has 0 bridgehead atoms. The predicted octanol–water partition coefficient (Wildman–Crippen LogP) is 1.53. The highest BCUT2D eigenvalue weighted by Gasteiger charge is 2.19. The van der Waals surface area contributed by atoms with Crippen LogP contribution in [-0.2, 0) is 4.79 Å². The summed E-state index contributed by atoms with van der Waals surface area (Å²) >= 11 is 0. The third kappa shape index (κ3) is 4.35. The Kier molecular flexibility index (Phi) is 5.61. The van der Waals surface area contributed by atoms with E-state index in [4.69, 9.17) is 4.42 Å². The van der Waals surface area contributed by atoms with Crippen molar-refractivity contribution in [2.45, 2.75) is 38.8 Å². The van der Waals surface area contributed by atoms with Crippen molar-refractivity contribution in [2.75, 3.05) is 26.2 Å². The van der Waals surface area contributed by atoms with Crippen LogP contribution < -0.4 is 10.6 Å². The van der Waals surface area contributed by atoms with E-state index in [1.165, 1.54) is 12.8 Å². The number of hydrogen-bond acceptors (Lipinski definition) is 4. The fraction of sp³-hybridized carbons (Fsp3) is 0.667. The minimum atomic E-state index is -0.0826. The van der Waals surface area contributed by atoms with Crippen molar-refractivity contribution in [1.29, 1.82) is 0 Å². The molecule has 112 valence electrons. The molecule has 0 aromatic carbocycles. The number of furan rings is 1. The average Bonchev–Trinajstić information content (AvgIpc) is 3.10. The fourth-order valence-electron chi connectivity index (χ4n) is 2.63. The quantitative estimate of drug-likeness (QED) is 0.795. The molecule has 1 aliphatic heterocycles. The van der Waals surface area contributed by atoms with Crippen molar-refractivity contribution in [2.24, 2.45) is 0 Å². The molecule has 5 nitrogen and oxygen atoms in total. The molecule has 0 radical (unpaired) electrons. The van der Waals surface area contributed by atoms with Crippen LogP contribution in [-0.4, -0.2) is 43.0 Å². The summed E-state index contributed by atoms with van der Waals surface area (Å²) in [5, 5.41) is 6.45. The highest BCUT2D eigenvalue weighted by molar-refractivity contribution is 5.78. The Balaban J connectivity index is 1.76. The molecule has 0 spiro atoms. The van der Waals surface area contributed by atoms with E-state index in [-0.39, 0.29) is 11.9 Å². The van der Waals surface area contributed by atoms with Crippen molar-refractivity contribution in [3.8, 4) is 0 Å². The molecule has 1 fully saturated rings. The second-order valence-corrected chi connectivity index (χ2v) is 5.43. The first-order chi connectivity index (χ1) is 9.69. The molecule has 1 aromatic heterocycles. The number of carbonyl (C=O) groups excluding carboxylic acids is 1. The molecule has 1 amide bonds. The van der Waals surface area contributed by atoms with Gasteiger partial charge in [-0.25, -0.2) is 0 Å². The molecule has 5 heteroatoms. The number of nitrogens with zero attached hydrogens (tertiary/aromatic N) is 1. The summed E-state index contributed by atoms with van der Waals surface area (Å²) in [7, 11) is 0.